The maximum absolute atomic E-state index is 12.5. The van der Waals surface area contributed by atoms with E-state index in [9.17, 15) is 23.1 Å². The molecule has 0 fully saturated rings. The molecular formula is C16H13F3N2O4. The Bertz CT molecular complexity index is 927. The van der Waals surface area contributed by atoms with Crippen molar-refractivity contribution in [1.82, 2.24) is 9.78 Å². The van der Waals surface area contributed by atoms with Crippen LogP contribution in [0, 0.1) is 6.92 Å². The van der Waals surface area contributed by atoms with E-state index in [1.165, 1.54) is 18.3 Å². The van der Waals surface area contributed by atoms with Crippen molar-refractivity contribution in [1.29, 1.82) is 0 Å². The Morgan fingerprint density at radius 2 is 2.12 bits per heavy atom. The van der Waals surface area contributed by atoms with Crippen molar-refractivity contribution >= 4 is 16.9 Å². The molecule has 3 aromatic rings. The third-order valence-corrected chi connectivity index (χ3v) is 3.57. The van der Waals surface area contributed by atoms with Crippen LogP contribution in [0.2, 0.25) is 0 Å². The van der Waals surface area contributed by atoms with Crippen molar-refractivity contribution in [3.63, 3.8) is 0 Å². The fourth-order valence-electron chi connectivity index (χ4n) is 2.51. The summed E-state index contributed by atoms with van der Waals surface area (Å²) in [5.41, 5.74) is 0.672. The Balaban J connectivity index is 1.82. The highest BCUT2D eigenvalue weighted by molar-refractivity contribution is 6.03. The summed E-state index contributed by atoms with van der Waals surface area (Å²) in [6.07, 6.45) is -3.13. The summed E-state index contributed by atoms with van der Waals surface area (Å²) in [5.74, 6) is -0.546. The number of aromatic carboxylic acids is 1. The lowest BCUT2D eigenvalue weighted by Crippen LogP contribution is -2.20. The zero-order chi connectivity index (χ0) is 18.2. The second-order valence-electron chi connectivity index (χ2n) is 5.38. The number of alkyl halides is 3. The first-order valence-corrected chi connectivity index (χ1v) is 7.21. The number of halogens is 3. The Labute approximate surface area is 139 Å². The van der Waals surface area contributed by atoms with Gasteiger partial charge in [0, 0.05) is 11.6 Å². The first-order valence-electron chi connectivity index (χ1n) is 7.21. The van der Waals surface area contributed by atoms with Gasteiger partial charge in [-0.05, 0) is 31.2 Å². The highest BCUT2D eigenvalue weighted by Crippen LogP contribution is 2.29. The molecule has 2 aromatic heterocycles. The fraction of sp³-hybridized carbons (Fsp3) is 0.250. The largest absolute Gasteiger partial charge is 0.487 e. The van der Waals surface area contributed by atoms with Gasteiger partial charge in [0.1, 0.15) is 35.8 Å². The summed E-state index contributed by atoms with van der Waals surface area (Å²) < 4.78 is 49.1. The molecule has 0 radical (unpaired) electrons. The number of aromatic nitrogens is 2. The zero-order valence-electron chi connectivity index (χ0n) is 13.0. The molecule has 0 atom stereocenters. The third-order valence-electron chi connectivity index (χ3n) is 3.57. The average molecular weight is 354 g/mol. The Kier molecular flexibility index (Phi) is 4.15. The zero-order valence-corrected chi connectivity index (χ0v) is 13.0. The van der Waals surface area contributed by atoms with Crippen LogP contribution in [0.15, 0.2) is 34.9 Å². The Hall–Kier alpha value is -2.97. The summed E-state index contributed by atoms with van der Waals surface area (Å²) in [4.78, 5) is 11.3. The molecule has 1 aromatic carbocycles. The minimum atomic E-state index is -4.38. The minimum Gasteiger partial charge on any atom is -0.487 e. The SMILES string of the molecule is Cc1oc2ccc(OCc3ccnn3CC(F)(F)F)cc2c1C(=O)O. The second-order valence-corrected chi connectivity index (χ2v) is 5.38. The normalized spacial score (nSPS) is 11.8. The monoisotopic (exact) mass is 354 g/mol. The molecule has 3 rings (SSSR count). The Morgan fingerprint density at radius 1 is 1.36 bits per heavy atom. The van der Waals surface area contributed by atoms with Crippen LogP contribution in [-0.2, 0) is 13.2 Å². The third kappa shape index (κ3) is 3.59. The predicted octanol–water partition coefficient (Wildman–Crippen LogP) is 3.78. The number of aryl methyl sites for hydroxylation is 1. The molecule has 1 N–H and O–H groups in total. The van der Waals surface area contributed by atoms with Gasteiger partial charge in [0.25, 0.3) is 0 Å². The van der Waals surface area contributed by atoms with Crippen LogP contribution >= 0.6 is 0 Å². The van der Waals surface area contributed by atoms with E-state index in [4.69, 9.17) is 9.15 Å². The molecule has 0 aliphatic heterocycles. The van der Waals surface area contributed by atoms with E-state index in [2.05, 4.69) is 5.10 Å². The summed E-state index contributed by atoms with van der Waals surface area (Å²) in [5, 5.41) is 13.2. The number of carbonyl (C=O) groups is 1. The quantitative estimate of drug-likeness (QED) is 0.754. The van der Waals surface area contributed by atoms with E-state index in [-0.39, 0.29) is 23.6 Å². The number of furan rings is 1. The van der Waals surface area contributed by atoms with Gasteiger partial charge < -0.3 is 14.3 Å². The topological polar surface area (TPSA) is 77.5 Å². The number of ether oxygens (including phenoxy) is 1. The van der Waals surface area contributed by atoms with Crippen LogP contribution in [0.25, 0.3) is 11.0 Å². The number of benzene rings is 1. The van der Waals surface area contributed by atoms with E-state index in [1.54, 1.807) is 19.1 Å². The molecule has 6 nitrogen and oxygen atoms in total. The van der Waals surface area contributed by atoms with Crippen molar-refractivity contribution in [2.45, 2.75) is 26.3 Å². The standard InChI is InChI=1S/C16H13F3N2O4/c1-9-14(15(22)23)12-6-11(2-3-13(12)25-9)24-7-10-4-5-20-21(10)8-16(17,18)19/h2-6H,7-8H2,1H3,(H,22,23). The molecule has 0 saturated carbocycles. The van der Waals surface area contributed by atoms with E-state index >= 15 is 0 Å². The maximum Gasteiger partial charge on any atom is 0.408 e. The van der Waals surface area contributed by atoms with E-state index in [0.29, 0.717) is 16.7 Å². The maximum atomic E-state index is 12.5. The molecule has 0 amide bonds. The number of nitrogens with zero attached hydrogens (tertiary/aromatic N) is 2. The highest BCUT2D eigenvalue weighted by Gasteiger charge is 2.29. The lowest BCUT2D eigenvalue weighted by Gasteiger charge is -2.11. The molecule has 25 heavy (non-hydrogen) atoms. The van der Waals surface area contributed by atoms with Gasteiger partial charge in [0.2, 0.25) is 0 Å². The molecule has 0 unspecified atom stereocenters. The first-order chi connectivity index (χ1) is 11.7. The van der Waals surface area contributed by atoms with E-state index < -0.39 is 18.7 Å². The van der Waals surface area contributed by atoms with Crippen LogP contribution in [0.5, 0.6) is 5.75 Å². The molecule has 0 aliphatic rings. The van der Waals surface area contributed by atoms with Crippen molar-refractivity contribution in [3.8, 4) is 5.75 Å². The van der Waals surface area contributed by atoms with Gasteiger partial charge in [0.15, 0.2) is 0 Å². The minimum absolute atomic E-state index is 0.0302. The molecular weight excluding hydrogens is 341 g/mol. The van der Waals surface area contributed by atoms with Crippen molar-refractivity contribution in [2.75, 3.05) is 0 Å². The Morgan fingerprint density at radius 3 is 2.80 bits per heavy atom. The van der Waals surface area contributed by atoms with Crippen molar-refractivity contribution in [2.24, 2.45) is 0 Å². The smallest absolute Gasteiger partial charge is 0.408 e. The fourth-order valence-corrected chi connectivity index (χ4v) is 2.51. The number of hydrogen-bond donors (Lipinski definition) is 1. The average Bonchev–Trinajstić information content (AvgIpc) is 3.05. The highest BCUT2D eigenvalue weighted by atomic mass is 19.4. The molecule has 0 bridgehead atoms. The lowest BCUT2D eigenvalue weighted by molar-refractivity contribution is -0.143. The van der Waals surface area contributed by atoms with Gasteiger partial charge in [-0.25, -0.2) is 4.79 Å². The molecule has 0 spiro atoms. The lowest BCUT2D eigenvalue weighted by atomic mass is 10.1. The number of carboxylic acid groups (broad SMARTS) is 1. The van der Waals surface area contributed by atoms with Crippen LogP contribution in [0.1, 0.15) is 21.8 Å². The number of rotatable bonds is 5. The van der Waals surface area contributed by atoms with Gasteiger partial charge >= 0.3 is 12.1 Å². The number of hydrogen-bond acceptors (Lipinski definition) is 4. The van der Waals surface area contributed by atoms with Crippen LogP contribution in [0.3, 0.4) is 0 Å². The molecule has 2 heterocycles. The van der Waals surface area contributed by atoms with Gasteiger partial charge in [-0.1, -0.05) is 0 Å². The van der Waals surface area contributed by atoms with Crippen molar-refractivity contribution in [3.05, 3.63) is 47.5 Å². The molecule has 0 saturated heterocycles. The second kappa shape index (κ2) is 6.15. The van der Waals surface area contributed by atoms with Gasteiger partial charge in [-0.3, -0.25) is 4.68 Å². The molecule has 132 valence electrons. The van der Waals surface area contributed by atoms with E-state index in [1.807, 2.05) is 0 Å². The summed E-state index contributed by atoms with van der Waals surface area (Å²) in [6, 6.07) is 6.02. The summed E-state index contributed by atoms with van der Waals surface area (Å²) in [6.45, 7) is 0.197. The van der Waals surface area contributed by atoms with Gasteiger partial charge in [-0.15, -0.1) is 0 Å². The van der Waals surface area contributed by atoms with Crippen molar-refractivity contribution < 1.29 is 32.2 Å². The number of carboxylic acids is 1. The summed E-state index contributed by atoms with van der Waals surface area (Å²) >= 11 is 0. The van der Waals surface area contributed by atoms with Crippen LogP contribution < -0.4 is 4.74 Å². The summed E-state index contributed by atoms with van der Waals surface area (Å²) in [7, 11) is 0. The predicted molar refractivity (Wildman–Crippen MR) is 80.5 cm³/mol. The van der Waals surface area contributed by atoms with Gasteiger partial charge in [0.05, 0.1) is 5.69 Å². The first kappa shape index (κ1) is 16.9. The van der Waals surface area contributed by atoms with Gasteiger partial charge in [-0.2, -0.15) is 18.3 Å². The molecule has 9 heteroatoms. The van der Waals surface area contributed by atoms with Crippen LogP contribution in [-0.4, -0.2) is 27.0 Å². The number of fused-ring (bicyclic) bond motifs is 1. The van der Waals surface area contributed by atoms with Crippen LogP contribution in [0.4, 0.5) is 13.2 Å². The van der Waals surface area contributed by atoms with E-state index in [0.717, 1.165) is 4.68 Å². The molecule has 0 aliphatic carbocycles.